The third-order valence-electron chi connectivity index (χ3n) is 8.51. The standard InChI is InChI=1S/C32H37GeN2/c1-18-19(2)27-24-12-11-22(32(4,5)6)16-25(24)35-26-17-23(33(7,8)9)15-21-13-14-34(10)30(29(21)26)28(20(18)3)31(27)35/h11-17H,1-10H3/q+1. The Hall–Kier alpha value is -2.59. The predicted octanol–water partition coefficient (Wildman–Crippen LogP) is 7.58. The number of hydrogen-bond donors (Lipinski definition) is 0. The van der Waals surface area contributed by atoms with Crippen molar-refractivity contribution in [1.82, 2.24) is 4.40 Å². The minimum absolute atomic E-state index is 0.103. The number of aromatic nitrogens is 2. The Kier molecular flexibility index (Phi) is 4.57. The molecule has 0 saturated heterocycles. The van der Waals surface area contributed by atoms with Gasteiger partial charge in [0.05, 0.1) is 0 Å². The quantitative estimate of drug-likeness (QED) is 0.0911. The zero-order valence-electron chi connectivity index (χ0n) is 22.9. The fraction of sp³-hybridized carbons (Fsp3) is 0.344. The average molecular weight is 522 g/mol. The van der Waals surface area contributed by atoms with Crippen LogP contribution in [0.25, 0.3) is 49.0 Å². The molecule has 3 aromatic heterocycles. The molecule has 0 fully saturated rings. The van der Waals surface area contributed by atoms with Crippen molar-refractivity contribution in [2.45, 2.75) is 64.2 Å². The van der Waals surface area contributed by atoms with Crippen LogP contribution < -0.4 is 8.96 Å². The van der Waals surface area contributed by atoms with Gasteiger partial charge in [0.15, 0.2) is 0 Å². The van der Waals surface area contributed by atoms with Gasteiger partial charge >= 0.3 is 212 Å². The molecule has 0 N–H and O–H groups in total. The van der Waals surface area contributed by atoms with Gasteiger partial charge in [-0.05, 0) is 0 Å². The number of nitrogens with zero attached hydrogens (tertiary/aromatic N) is 2. The Bertz CT molecular complexity index is 1840. The van der Waals surface area contributed by atoms with Gasteiger partial charge in [-0.2, -0.15) is 0 Å². The zero-order valence-corrected chi connectivity index (χ0v) is 25.0. The van der Waals surface area contributed by atoms with Gasteiger partial charge in [-0.15, -0.1) is 0 Å². The Morgan fingerprint density at radius 3 is 2.11 bits per heavy atom. The van der Waals surface area contributed by atoms with Gasteiger partial charge in [0.25, 0.3) is 0 Å². The van der Waals surface area contributed by atoms with E-state index >= 15 is 0 Å². The van der Waals surface area contributed by atoms with Crippen molar-refractivity contribution >= 4 is 66.7 Å². The van der Waals surface area contributed by atoms with Crippen LogP contribution in [-0.4, -0.2) is 17.7 Å². The van der Waals surface area contributed by atoms with E-state index in [2.05, 4.69) is 117 Å². The van der Waals surface area contributed by atoms with Crippen LogP contribution in [0.5, 0.6) is 0 Å². The summed E-state index contributed by atoms with van der Waals surface area (Å²) in [4.78, 5) is 0. The van der Waals surface area contributed by atoms with Crippen molar-refractivity contribution < 1.29 is 4.57 Å². The van der Waals surface area contributed by atoms with Crippen LogP contribution in [0.4, 0.5) is 0 Å². The van der Waals surface area contributed by atoms with E-state index in [-0.39, 0.29) is 5.41 Å². The van der Waals surface area contributed by atoms with E-state index in [9.17, 15) is 0 Å². The van der Waals surface area contributed by atoms with Crippen molar-refractivity contribution in [3.8, 4) is 0 Å². The number of hydrogen-bond acceptors (Lipinski definition) is 0. The second-order valence-corrected chi connectivity index (χ2v) is 23.4. The first kappa shape index (κ1) is 22.9. The number of pyridine rings is 2. The molecule has 0 unspecified atom stereocenters. The van der Waals surface area contributed by atoms with E-state index in [0.717, 1.165) is 0 Å². The Morgan fingerprint density at radius 2 is 1.46 bits per heavy atom. The Balaban J connectivity index is 2.05. The van der Waals surface area contributed by atoms with Gasteiger partial charge in [-0.25, -0.2) is 0 Å². The maximum atomic E-state index is 2.63. The van der Waals surface area contributed by atoms with Crippen LogP contribution in [0.3, 0.4) is 0 Å². The molecular formula is C32H37GeN2+. The second-order valence-electron chi connectivity index (χ2n) is 12.8. The first-order valence-corrected chi connectivity index (χ1v) is 20.2. The number of aryl methyl sites for hydroxylation is 3. The summed E-state index contributed by atoms with van der Waals surface area (Å²) in [6.07, 6.45) is 2.26. The van der Waals surface area contributed by atoms with Crippen LogP contribution in [0.15, 0.2) is 42.6 Å². The topological polar surface area (TPSA) is 8.29 Å². The molecule has 35 heavy (non-hydrogen) atoms. The molecule has 0 amide bonds. The van der Waals surface area contributed by atoms with Crippen molar-refractivity contribution in [3.05, 3.63) is 64.8 Å². The summed E-state index contributed by atoms with van der Waals surface area (Å²) in [6, 6.07) is 14.6. The van der Waals surface area contributed by atoms with Gasteiger partial charge in [-0.3, -0.25) is 0 Å². The fourth-order valence-electron chi connectivity index (χ4n) is 6.14. The van der Waals surface area contributed by atoms with Crippen LogP contribution >= 0.6 is 0 Å². The Labute approximate surface area is 211 Å². The van der Waals surface area contributed by atoms with Gasteiger partial charge in [0.2, 0.25) is 0 Å². The average Bonchev–Trinajstić information content (AvgIpc) is 3.12. The third-order valence-corrected chi connectivity index (χ3v) is 12.7. The van der Waals surface area contributed by atoms with E-state index in [1.54, 1.807) is 4.40 Å². The van der Waals surface area contributed by atoms with Crippen molar-refractivity contribution in [1.29, 1.82) is 0 Å². The third kappa shape index (κ3) is 2.99. The van der Waals surface area contributed by atoms with Crippen molar-refractivity contribution in [3.63, 3.8) is 0 Å². The molecule has 6 rings (SSSR count). The molecule has 3 heterocycles. The molecule has 0 aliphatic carbocycles. The molecule has 0 bridgehead atoms. The first-order valence-electron chi connectivity index (χ1n) is 12.9. The molecule has 0 spiro atoms. The van der Waals surface area contributed by atoms with Crippen molar-refractivity contribution in [2.75, 3.05) is 0 Å². The second kappa shape index (κ2) is 7.00. The van der Waals surface area contributed by atoms with Crippen LogP contribution in [0.1, 0.15) is 43.0 Å². The summed E-state index contributed by atoms with van der Waals surface area (Å²) in [7, 11) is 2.21. The van der Waals surface area contributed by atoms with Crippen molar-refractivity contribution in [2.24, 2.45) is 7.05 Å². The maximum absolute atomic E-state index is 2.63. The van der Waals surface area contributed by atoms with Crippen LogP contribution in [0, 0.1) is 20.8 Å². The molecule has 6 aromatic rings. The molecule has 0 saturated carbocycles. The van der Waals surface area contributed by atoms with Gasteiger partial charge < -0.3 is 0 Å². The summed E-state index contributed by atoms with van der Waals surface area (Å²) in [5.41, 5.74) is 11.2. The van der Waals surface area contributed by atoms with Crippen LogP contribution in [0.2, 0.25) is 17.3 Å². The van der Waals surface area contributed by atoms with E-state index < -0.39 is 13.3 Å². The normalized spacial score (nSPS) is 13.4. The van der Waals surface area contributed by atoms with E-state index in [0.29, 0.717) is 0 Å². The fourth-order valence-corrected chi connectivity index (χ4v) is 8.57. The molecule has 178 valence electrons. The van der Waals surface area contributed by atoms with Gasteiger partial charge in [-0.1, -0.05) is 0 Å². The molecule has 0 aliphatic heterocycles. The molecule has 0 radical (unpaired) electrons. The number of fused-ring (bicyclic) bond motifs is 5. The Morgan fingerprint density at radius 1 is 0.771 bits per heavy atom. The molecular weight excluding hydrogens is 485 g/mol. The number of benzene rings is 3. The van der Waals surface area contributed by atoms with Crippen LogP contribution in [-0.2, 0) is 12.5 Å². The monoisotopic (exact) mass is 523 g/mol. The van der Waals surface area contributed by atoms with Gasteiger partial charge in [0.1, 0.15) is 0 Å². The predicted molar refractivity (Wildman–Crippen MR) is 156 cm³/mol. The molecule has 3 aromatic carbocycles. The SMILES string of the molecule is Cc1c(C)c2c3ccc(C(C)(C)C)cc3n3c4c[c]([Ge]([CH3])([CH3])[CH3])cc5cc[n+](C)c(c(c1C)c23)c54. The molecule has 2 nitrogen and oxygen atoms in total. The summed E-state index contributed by atoms with van der Waals surface area (Å²) < 4.78 is 6.54. The molecule has 0 atom stereocenters. The number of rotatable bonds is 1. The van der Waals surface area contributed by atoms with E-state index in [4.69, 9.17) is 0 Å². The first-order chi connectivity index (χ1) is 16.3. The van der Waals surface area contributed by atoms with E-state index in [1.165, 1.54) is 71.3 Å². The summed E-state index contributed by atoms with van der Waals surface area (Å²) in [5.74, 6) is 7.52. The summed E-state index contributed by atoms with van der Waals surface area (Å²) in [5, 5.41) is 6.97. The summed E-state index contributed by atoms with van der Waals surface area (Å²) in [6.45, 7) is 13.9. The molecule has 0 aliphatic rings. The zero-order chi connectivity index (χ0) is 25.2. The summed E-state index contributed by atoms with van der Waals surface area (Å²) >= 11 is -2.07. The van der Waals surface area contributed by atoms with E-state index in [1.807, 2.05) is 0 Å². The van der Waals surface area contributed by atoms with Gasteiger partial charge in [0, 0.05) is 0 Å². The minimum atomic E-state index is -2.07. The molecule has 3 heteroatoms.